The van der Waals surface area contributed by atoms with E-state index in [4.69, 9.17) is 0 Å². The quantitative estimate of drug-likeness (QED) is 0.563. The van der Waals surface area contributed by atoms with Crippen molar-refractivity contribution in [3.63, 3.8) is 0 Å². The highest BCUT2D eigenvalue weighted by Crippen LogP contribution is 2.28. The fourth-order valence-corrected chi connectivity index (χ4v) is 3.45. The number of hydrogen-bond acceptors (Lipinski definition) is 5. The summed E-state index contributed by atoms with van der Waals surface area (Å²) in [5, 5.41) is 17.4. The van der Waals surface area contributed by atoms with E-state index in [1.807, 2.05) is 32.0 Å². The minimum Gasteiger partial charge on any atom is -0.379 e. The van der Waals surface area contributed by atoms with Gasteiger partial charge in [-0.1, -0.05) is 18.2 Å². The number of nitrogens with zero attached hydrogens (tertiary/aromatic N) is 2. The van der Waals surface area contributed by atoms with E-state index >= 15 is 0 Å². The summed E-state index contributed by atoms with van der Waals surface area (Å²) in [5.74, 6) is 0.0997. The van der Waals surface area contributed by atoms with Gasteiger partial charge in [-0.05, 0) is 50.5 Å². The summed E-state index contributed by atoms with van der Waals surface area (Å²) < 4.78 is 0. The Balaban J connectivity index is 1.64. The van der Waals surface area contributed by atoms with Gasteiger partial charge in [-0.15, -0.1) is 0 Å². The molecule has 7 heteroatoms. The maximum atomic E-state index is 12.1. The zero-order valence-corrected chi connectivity index (χ0v) is 16.2. The average Bonchev–Trinajstić information content (AvgIpc) is 3.15. The van der Waals surface area contributed by atoms with Gasteiger partial charge >= 0.3 is 0 Å². The number of carbonyl (C=O) groups excluding carboxylic acids is 1. The number of hydrogen-bond donors (Lipinski definition) is 2. The van der Waals surface area contributed by atoms with Gasteiger partial charge in [0.15, 0.2) is 0 Å². The smallest absolute Gasteiger partial charge is 0.293 e. The van der Waals surface area contributed by atoms with Gasteiger partial charge in [0.1, 0.15) is 5.69 Å². The van der Waals surface area contributed by atoms with Crippen LogP contribution >= 0.6 is 0 Å². The lowest BCUT2D eigenvalue weighted by atomic mass is 10.1. The molecule has 0 aliphatic carbocycles. The monoisotopic (exact) mass is 382 g/mol. The summed E-state index contributed by atoms with van der Waals surface area (Å²) in [6, 6.07) is 14.8. The van der Waals surface area contributed by atoms with Gasteiger partial charge in [0.25, 0.3) is 11.6 Å². The topological polar surface area (TPSA) is 87.5 Å². The number of benzene rings is 2. The van der Waals surface area contributed by atoms with Gasteiger partial charge in [-0.3, -0.25) is 14.9 Å². The minimum absolute atomic E-state index is 0.0284. The van der Waals surface area contributed by atoms with Crippen LogP contribution in [0.2, 0.25) is 0 Å². The van der Waals surface area contributed by atoms with E-state index in [9.17, 15) is 14.9 Å². The number of carbonyl (C=O) groups is 1. The zero-order chi connectivity index (χ0) is 20.1. The van der Waals surface area contributed by atoms with Crippen molar-refractivity contribution in [2.75, 3.05) is 29.9 Å². The number of nitro groups is 1. The van der Waals surface area contributed by atoms with Crippen LogP contribution in [0.3, 0.4) is 0 Å². The molecule has 1 saturated heterocycles. The molecule has 2 N–H and O–H groups in total. The lowest BCUT2D eigenvalue weighted by molar-refractivity contribution is -0.384. The number of nitro benzene ring substituents is 1. The van der Waals surface area contributed by atoms with E-state index in [1.165, 1.54) is 11.8 Å². The zero-order valence-electron chi connectivity index (χ0n) is 16.2. The summed E-state index contributed by atoms with van der Waals surface area (Å²) in [7, 11) is 0. The van der Waals surface area contributed by atoms with E-state index in [0.29, 0.717) is 23.7 Å². The SMILES string of the molecule is CC(C)NC(=O)c1ccc(NCC2CCN(c3ccccc3)C2)c([N+](=O)[O-])c1. The Kier molecular flexibility index (Phi) is 6.13. The van der Waals surface area contributed by atoms with Crippen LogP contribution in [0.15, 0.2) is 48.5 Å². The van der Waals surface area contributed by atoms with Crippen LogP contribution in [-0.4, -0.2) is 36.5 Å². The van der Waals surface area contributed by atoms with Crippen LogP contribution in [0.4, 0.5) is 17.1 Å². The van der Waals surface area contributed by atoms with Gasteiger partial charge in [0, 0.05) is 43.0 Å². The number of para-hydroxylation sites is 1. The van der Waals surface area contributed by atoms with E-state index in [0.717, 1.165) is 19.5 Å². The maximum absolute atomic E-state index is 12.1. The standard InChI is InChI=1S/C21H26N4O3/c1-15(2)23-21(26)17-8-9-19(20(12-17)25(27)28)22-13-16-10-11-24(14-16)18-6-4-3-5-7-18/h3-9,12,15-16,22H,10-11,13-14H2,1-2H3,(H,23,26). The Morgan fingerprint density at radius 2 is 2.00 bits per heavy atom. The molecule has 1 aliphatic heterocycles. The molecule has 148 valence electrons. The van der Waals surface area contributed by atoms with Gasteiger partial charge in [0.05, 0.1) is 4.92 Å². The molecule has 3 rings (SSSR count). The molecule has 1 unspecified atom stereocenters. The predicted molar refractivity (Wildman–Crippen MR) is 111 cm³/mol. The number of nitrogens with one attached hydrogen (secondary N) is 2. The molecule has 0 aromatic heterocycles. The second-order valence-electron chi connectivity index (χ2n) is 7.43. The van der Waals surface area contributed by atoms with Crippen LogP contribution in [0.1, 0.15) is 30.6 Å². The first-order valence-electron chi connectivity index (χ1n) is 9.57. The largest absolute Gasteiger partial charge is 0.379 e. The molecule has 1 atom stereocenters. The fourth-order valence-electron chi connectivity index (χ4n) is 3.45. The summed E-state index contributed by atoms with van der Waals surface area (Å²) in [5.41, 5.74) is 1.87. The third-order valence-electron chi connectivity index (χ3n) is 4.86. The normalized spacial score (nSPS) is 16.2. The Morgan fingerprint density at radius 3 is 2.68 bits per heavy atom. The second-order valence-corrected chi connectivity index (χ2v) is 7.43. The summed E-state index contributed by atoms with van der Waals surface area (Å²) in [4.78, 5) is 25.5. The summed E-state index contributed by atoms with van der Waals surface area (Å²) in [6.45, 7) is 6.25. The van der Waals surface area contributed by atoms with Crippen molar-refractivity contribution in [1.82, 2.24) is 5.32 Å². The highest BCUT2D eigenvalue weighted by Gasteiger charge is 2.24. The van der Waals surface area contributed by atoms with Crippen LogP contribution in [0.25, 0.3) is 0 Å². The average molecular weight is 382 g/mol. The molecule has 0 bridgehead atoms. The molecule has 1 heterocycles. The maximum Gasteiger partial charge on any atom is 0.293 e. The third kappa shape index (κ3) is 4.79. The predicted octanol–water partition coefficient (Wildman–Crippen LogP) is 3.67. The molecular formula is C21H26N4O3. The van der Waals surface area contributed by atoms with E-state index < -0.39 is 4.92 Å². The summed E-state index contributed by atoms with van der Waals surface area (Å²) in [6.07, 6.45) is 1.03. The van der Waals surface area contributed by atoms with E-state index in [1.54, 1.807) is 12.1 Å². The van der Waals surface area contributed by atoms with E-state index in [2.05, 4.69) is 27.7 Å². The van der Waals surface area contributed by atoms with Crippen molar-refractivity contribution in [2.24, 2.45) is 5.92 Å². The highest BCUT2D eigenvalue weighted by atomic mass is 16.6. The first-order chi connectivity index (χ1) is 13.4. The highest BCUT2D eigenvalue weighted by molar-refractivity contribution is 5.95. The van der Waals surface area contributed by atoms with Crippen LogP contribution in [0.5, 0.6) is 0 Å². The van der Waals surface area contributed by atoms with Crippen molar-refractivity contribution in [3.8, 4) is 0 Å². The molecule has 28 heavy (non-hydrogen) atoms. The lowest BCUT2D eigenvalue weighted by Gasteiger charge is -2.19. The van der Waals surface area contributed by atoms with Crippen LogP contribution in [-0.2, 0) is 0 Å². The van der Waals surface area contributed by atoms with Crippen LogP contribution in [0, 0.1) is 16.0 Å². The fraction of sp³-hybridized carbons (Fsp3) is 0.381. The number of amides is 1. The molecule has 1 amide bonds. The molecule has 1 fully saturated rings. The molecule has 2 aromatic carbocycles. The Hall–Kier alpha value is -3.09. The van der Waals surface area contributed by atoms with Crippen molar-refractivity contribution >= 4 is 23.0 Å². The van der Waals surface area contributed by atoms with Crippen LogP contribution < -0.4 is 15.5 Å². The summed E-state index contributed by atoms with van der Waals surface area (Å²) >= 11 is 0. The Bertz CT molecular complexity index is 839. The molecule has 2 aromatic rings. The third-order valence-corrected chi connectivity index (χ3v) is 4.86. The van der Waals surface area contributed by atoms with Crippen molar-refractivity contribution in [1.29, 1.82) is 0 Å². The Morgan fingerprint density at radius 1 is 1.25 bits per heavy atom. The van der Waals surface area contributed by atoms with Gasteiger partial charge in [-0.25, -0.2) is 0 Å². The molecule has 7 nitrogen and oxygen atoms in total. The number of anilines is 2. The minimum atomic E-state index is -0.445. The van der Waals surface area contributed by atoms with E-state index in [-0.39, 0.29) is 17.6 Å². The van der Waals surface area contributed by atoms with Gasteiger partial charge < -0.3 is 15.5 Å². The molecular weight excluding hydrogens is 356 g/mol. The van der Waals surface area contributed by atoms with Gasteiger partial charge in [-0.2, -0.15) is 0 Å². The van der Waals surface area contributed by atoms with Crippen molar-refractivity contribution in [2.45, 2.75) is 26.3 Å². The first kappa shape index (κ1) is 19.7. The molecule has 0 radical (unpaired) electrons. The molecule has 1 aliphatic rings. The van der Waals surface area contributed by atoms with Crippen molar-refractivity contribution < 1.29 is 9.72 Å². The second kappa shape index (κ2) is 8.73. The van der Waals surface area contributed by atoms with Crippen molar-refractivity contribution in [3.05, 3.63) is 64.2 Å². The Labute approximate surface area is 164 Å². The molecule has 0 saturated carbocycles. The lowest BCUT2D eigenvalue weighted by Crippen LogP contribution is -2.30. The number of rotatable bonds is 7. The first-order valence-corrected chi connectivity index (χ1v) is 9.57. The van der Waals surface area contributed by atoms with Gasteiger partial charge in [0.2, 0.25) is 0 Å². The molecule has 0 spiro atoms.